The number of para-hydroxylation sites is 1. The number of hydrogen-bond donors (Lipinski definition) is 0. The first-order valence-corrected chi connectivity index (χ1v) is 6.19. The summed E-state index contributed by atoms with van der Waals surface area (Å²) in [4.78, 5) is 2.58. The van der Waals surface area contributed by atoms with Gasteiger partial charge in [-0.1, -0.05) is 18.2 Å². The molecule has 1 aliphatic heterocycles. The van der Waals surface area contributed by atoms with Crippen molar-refractivity contribution in [1.82, 2.24) is 0 Å². The topological polar surface area (TPSA) is 3.24 Å². The number of thioether (sulfide) groups is 1. The summed E-state index contributed by atoms with van der Waals surface area (Å²) >= 11 is 1.51. The molecule has 0 atom stereocenters. The van der Waals surface area contributed by atoms with Crippen molar-refractivity contribution in [1.29, 1.82) is 0 Å². The third kappa shape index (κ3) is 1.69. The van der Waals surface area contributed by atoms with Gasteiger partial charge in [-0.25, -0.2) is 8.78 Å². The van der Waals surface area contributed by atoms with E-state index in [1.54, 1.807) is 11.0 Å². The molecule has 0 spiro atoms. The first-order valence-electron chi connectivity index (χ1n) is 5.21. The van der Waals surface area contributed by atoms with Crippen LogP contribution in [0.1, 0.15) is 0 Å². The average Bonchev–Trinajstić information content (AvgIpc) is 2.79. The maximum Gasteiger partial charge on any atom is 0.183 e. The minimum atomic E-state index is -0.799. The zero-order chi connectivity index (χ0) is 11.8. The van der Waals surface area contributed by atoms with Gasteiger partial charge in [0.25, 0.3) is 0 Å². The molecular formula is C13H9F2NS. The van der Waals surface area contributed by atoms with E-state index in [9.17, 15) is 8.78 Å². The lowest BCUT2D eigenvalue weighted by Crippen LogP contribution is -2.13. The predicted octanol–water partition coefficient (Wildman–Crippen LogP) is 4.17. The molecule has 0 bridgehead atoms. The molecule has 0 fully saturated rings. The monoisotopic (exact) mass is 249 g/mol. The molecule has 2 aromatic rings. The second-order valence-corrected chi connectivity index (χ2v) is 4.73. The van der Waals surface area contributed by atoms with Crippen LogP contribution in [-0.2, 0) is 0 Å². The van der Waals surface area contributed by atoms with E-state index in [1.807, 2.05) is 30.3 Å². The third-order valence-electron chi connectivity index (χ3n) is 2.72. The Kier molecular flexibility index (Phi) is 2.52. The summed E-state index contributed by atoms with van der Waals surface area (Å²) in [5, 5.41) is 0. The van der Waals surface area contributed by atoms with Crippen LogP contribution in [-0.4, -0.2) is 5.88 Å². The maximum atomic E-state index is 13.8. The summed E-state index contributed by atoms with van der Waals surface area (Å²) in [6.07, 6.45) is 0. The van der Waals surface area contributed by atoms with E-state index in [2.05, 4.69) is 0 Å². The Morgan fingerprint density at radius 2 is 1.76 bits per heavy atom. The van der Waals surface area contributed by atoms with Crippen LogP contribution in [0.15, 0.2) is 47.4 Å². The molecule has 1 nitrogen and oxygen atoms in total. The van der Waals surface area contributed by atoms with Crippen molar-refractivity contribution in [3.63, 3.8) is 0 Å². The Morgan fingerprint density at radius 3 is 2.53 bits per heavy atom. The lowest BCUT2D eigenvalue weighted by Gasteiger charge is -2.18. The molecule has 0 amide bonds. The molecule has 0 aliphatic carbocycles. The van der Waals surface area contributed by atoms with Crippen molar-refractivity contribution in [2.24, 2.45) is 0 Å². The van der Waals surface area contributed by atoms with Crippen molar-refractivity contribution in [3.8, 4) is 0 Å². The quantitative estimate of drug-likeness (QED) is 0.746. The largest absolute Gasteiger partial charge is 0.328 e. The molecule has 4 heteroatoms. The molecule has 0 saturated heterocycles. The van der Waals surface area contributed by atoms with Crippen molar-refractivity contribution in [3.05, 3.63) is 54.1 Å². The summed E-state index contributed by atoms with van der Waals surface area (Å²) in [6, 6.07) is 12.2. The summed E-state index contributed by atoms with van der Waals surface area (Å²) in [7, 11) is 0. The standard InChI is InChI=1S/C13H9F2NS/c14-10-6-7-11-13(12(10)15)16(8-17-11)9-4-2-1-3-5-9/h1-7H,8H2. The lowest BCUT2D eigenvalue weighted by atomic mass is 10.2. The third-order valence-corrected chi connectivity index (χ3v) is 3.75. The molecule has 0 N–H and O–H groups in total. The molecule has 3 rings (SSSR count). The van der Waals surface area contributed by atoms with Gasteiger partial charge in [0.05, 0.1) is 11.6 Å². The molecule has 86 valence electrons. The van der Waals surface area contributed by atoms with E-state index in [0.29, 0.717) is 11.6 Å². The van der Waals surface area contributed by atoms with Gasteiger partial charge in [0.1, 0.15) is 0 Å². The van der Waals surface area contributed by atoms with Crippen LogP contribution in [0.5, 0.6) is 0 Å². The van der Waals surface area contributed by atoms with E-state index in [0.717, 1.165) is 10.6 Å². The van der Waals surface area contributed by atoms with Gasteiger partial charge in [0, 0.05) is 10.6 Å². The molecule has 1 heterocycles. The van der Waals surface area contributed by atoms with Crippen LogP contribution < -0.4 is 4.90 Å². The zero-order valence-electron chi connectivity index (χ0n) is 8.86. The van der Waals surface area contributed by atoms with Gasteiger partial charge in [-0.3, -0.25) is 0 Å². The average molecular weight is 249 g/mol. The molecule has 0 saturated carbocycles. The molecule has 17 heavy (non-hydrogen) atoms. The Morgan fingerprint density at radius 1 is 1.00 bits per heavy atom. The van der Waals surface area contributed by atoms with Gasteiger partial charge in [0.15, 0.2) is 11.6 Å². The lowest BCUT2D eigenvalue weighted by molar-refractivity contribution is 0.507. The van der Waals surface area contributed by atoms with Crippen LogP contribution in [0.25, 0.3) is 0 Å². The molecule has 0 aromatic heterocycles. The molecule has 0 unspecified atom stereocenters. The number of rotatable bonds is 1. The van der Waals surface area contributed by atoms with E-state index >= 15 is 0 Å². The summed E-state index contributed by atoms with van der Waals surface area (Å²) < 4.78 is 27.1. The van der Waals surface area contributed by atoms with Crippen LogP contribution in [0.3, 0.4) is 0 Å². The fourth-order valence-electron chi connectivity index (χ4n) is 1.90. The second kappa shape index (κ2) is 4.04. The molecular weight excluding hydrogens is 240 g/mol. The highest BCUT2D eigenvalue weighted by atomic mass is 32.2. The predicted molar refractivity (Wildman–Crippen MR) is 65.7 cm³/mol. The fraction of sp³-hybridized carbons (Fsp3) is 0.0769. The van der Waals surface area contributed by atoms with Crippen LogP contribution >= 0.6 is 11.8 Å². The zero-order valence-corrected chi connectivity index (χ0v) is 9.68. The van der Waals surface area contributed by atoms with Crippen molar-refractivity contribution >= 4 is 23.1 Å². The van der Waals surface area contributed by atoms with Crippen LogP contribution in [0.2, 0.25) is 0 Å². The fourth-order valence-corrected chi connectivity index (χ4v) is 2.95. The normalized spacial score (nSPS) is 13.9. The summed E-state index contributed by atoms with van der Waals surface area (Å²) in [5.41, 5.74) is 1.23. The molecule has 2 aromatic carbocycles. The molecule has 1 aliphatic rings. The number of halogens is 2. The number of fused-ring (bicyclic) bond motifs is 1. The van der Waals surface area contributed by atoms with E-state index in [4.69, 9.17) is 0 Å². The highest BCUT2D eigenvalue weighted by Crippen LogP contribution is 2.44. The van der Waals surface area contributed by atoms with Gasteiger partial charge in [-0.2, -0.15) is 0 Å². The van der Waals surface area contributed by atoms with Crippen LogP contribution in [0, 0.1) is 11.6 Å². The minimum Gasteiger partial charge on any atom is -0.328 e. The van der Waals surface area contributed by atoms with Crippen molar-refractivity contribution in [2.45, 2.75) is 4.90 Å². The minimum absolute atomic E-state index is 0.348. The number of nitrogens with zero attached hydrogens (tertiary/aromatic N) is 1. The van der Waals surface area contributed by atoms with Gasteiger partial charge >= 0.3 is 0 Å². The second-order valence-electron chi connectivity index (χ2n) is 3.75. The van der Waals surface area contributed by atoms with Crippen molar-refractivity contribution < 1.29 is 8.78 Å². The van der Waals surface area contributed by atoms with E-state index in [1.165, 1.54) is 17.8 Å². The Balaban J connectivity index is 2.13. The maximum absolute atomic E-state index is 13.8. The molecule has 0 radical (unpaired) electrons. The van der Waals surface area contributed by atoms with Gasteiger partial charge in [-0.05, 0) is 24.3 Å². The van der Waals surface area contributed by atoms with Gasteiger partial charge < -0.3 is 4.90 Å². The number of benzene rings is 2. The Bertz CT molecular complexity index is 557. The SMILES string of the molecule is Fc1ccc2c(c1F)N(c1ccccc1)CS2. The van der Waals surface area contributed by atoms with E-state index in [-0.39, 0.29) is 0 Å². The Labute approximate surface area is 102 Å². The van der Waals surface area contributed by atoms with Crippen molar-refractivity contribution in [2.75, 3.05) is 10.8 Å². The summed E-state index contributed by atoms with van der Waals surface area (Å²) in [5.74, 6) is -0.955. The highest BCUT2D eigenvalue weighted by Gasteiger charge is 2.26. The first kappa shape index (κ1) is 10.6. The van der Waals surface area contributed by atoms with E-state index < -0.39 is 11.6 Å². The smallest absolute Gasteiger partial charge is 0.183 e. The first-order chi connectivity index (χ1) is 8.27. The Hall–Kier alpha value is -1.55. The number of anilines is 2. The number of hydrogen-bond acceptors (Lipinski definition) is 2. The van der Waals surface area contributed by atoms with Gasteiger partial charge in [0.2, 0.25) is 0 Å². The highest BCUT2D eigenvalue weighted by molar-refractivity contribution is 7.99. The summed E-state index contributed by atoms with van der Waals surface area (Å²) in [6.45, 7) is 0. The van der Waals surface area contributed by atoms with Gasteiger partial charge in [-0.15, -0.1) is 11.8 Å². The van der Waals surface area contributed by atoms with Crippen LogP contribution in [0.4, 0.5) is 20.2 Å².